The predicted octanol–water partition coefficient (Wildman–Crippen LogP) is 2.60. The summed E-state index contributed by atoms with van der Waals surface area (Å²) >= 11 is 5.98. The van der Waals surface area contributed by atoms with Crippen molar-refractivity contribution in [2.75, 3.05) is 0 Å². The van der Waals surface area contributed by atoms with Crippen LogP contribution in [0.2, 0.25) is 5.02 Å². The zero-order valence-electron chi connectivity index (χ0n) is 10.0. The standard InChI is InChI=1S/C13H14ClN3O/c1-17-7-16-6-11(17)13-5-10(15)9-4-8(14)2-3-12(9)18-13/h2-4,6-7,10,13H,5,15H2,1H3/t10-,13?/m0/s1. The number of aryl methyl sites for hydroxylation is 1. The number of halogens is 1. The van der Waals surface area contributed by atoms with Gasteiger partial charge >= 0.3 is 0 Å². The van der Waals surface area contributed by atoms with E-state index >= 15 is 0 Å². The number of fused-ring (bicyclic) bond motifs is 1. The summed E-state index contributed by atoms with van der Waals surface area (Å²) in [5, 5.41) is 0.687. The number of hydrogen-bond donors (Lipinski definition) is 1. The molecule has 0 amide bonds. The lowest BCUT2D eigenvalue weighted by Crippen LogP contribution is -2.25. The number of ether oxygens (including phenoxy) is 1. The van der Waals surface area contributed by atoms with Gasteiger partial charge in [-0.15, -0.1) is 0 Å². The number of aromatic nitrogens is 2. The van der Waals surface area contributed by atoms with Crippen LogP contribution in [0.25, 0.3) is 0 Å². The van der Waals surface area contributed by atoms with E-state index in [0.29, 0.717) is 5.02 Å². The molecular weight excluding hydrogens is 250 g/mol. The Hall–Kier alpha value is -1.52. The minimum Gasteiger partial charge on any atom is -0.484 e. The zero-order chi connectivity index (χ0) is 12.7. The largest absolute Gasteiger partial charge is 0.484 e. The Balaban J connectivity index is 1.97. The second kappa shape index (κ2) is 4.30. The number of imidazole rings is 1. The Bertz CT molecular complexity index is 581. The molecule has 94 valence electrons. The molecule has 2 N–H and O–H groups in total. The van der Waals surface area contributed by atoms with Crippen molar-refractivity contribution >= 4 is 11.6 Å². The second-order valence-corrected chi connectivity index (χ2v) is 5.00. The van der Waals surface area contributed by atoms with E-state index in [1.54, 1.807) is 6.33 Å². The van der Waals surface area contributed by atoms with Gasteiger partial charge in [-0.05, 0) is 18.2 Å². The van der Waals surface area contributed by atoms with Gasteiger partial charge in [-0.2, -0.15) is 0 Å². The molecule has 0 fully saturated rings. The summed E-state index contributed by atoms with van der Waals surface area (Å²) in [5.41, 5.74) is 8.20. The topological polar surface area (TPSA) is 53.1 Å². The van der Waals surface area contributed by atoms with Crippen LogP contribution in [-0.2, 0) is 7.05 Å². The average Bonchev–Trinajstić information content (AvgIpc) is 2.76. The number of hydrogen-bond acceptors (Lipinski definition) is 3. The van der Waals surface area contributed by atoms with Gasteiger partial charge in [0.25, 0.3) is 0 Å². The maximum Gasteiger partial charge on any atom is 0.142 e. The van der Waals surface area contributed by atoms with Crippen LogP contribution >= 0.6 is 11.6 Å². The maximum atomic E-state index is 6.19. The van der Waals surface area contributed by atoms with Gasteiger partial charge in [-0.3, -0.25) is 0 Å². The van der Waals surface area contributed by atoms with Crippen LogP contribution in [0.15, 0.2) is 30.7 Å². The van der Waals surface area contributed by atoms with Gasteiger partial charge in [0.05, 0.1) is 18.2 Å². The van der Waals surface area contributed by atoms with Crippen LogP contribution in [0.3, 0.4) is 0 Å². The fourth-order valence-electron chi connectivity index (χ4n) is 2.33. The van der Waals surface area contributed by atoms with Crippen molar-refractivity contribution in [2.24, 2.45) is 12.8 Å². The van der Waals surface area contributed by atoms with Gasteiger partial charge in [0.15, 0.2) is 0 Å². The van der Waals surface area contributed by atoms with Crippen LogP contribution in [0, 0.1) is 0 Å². The molecule has 0 aliphatic carbocycles. The van der Waals surface area contributed by atoms with E-state index in [9.17, 15) is 0 Å². The zero-order valence-corrected chi connectivity index (χ0v) is 10.8. The van der Waals surface area contributed by atoms with Gasteiger partial charge in [-0.25, -0.2) is 4.98 Å². The third-order valence-corrected chi connectivity index (χ3v) is 3.53. The number of rotatable bonds is 1. The molecule has 2 atom stereocenters. The molecule has 1 aliphatic heterocycles. The molecule has 4 nitrogen and oxygen atoms in total. The number of benzene rings is 1. The highest BCUT2D eigenvalue weighted by molar-refractivity contribution is 6.30. The molecule has 0 bridgehead atoms. The molecule has 1 unspecified atom stereocenters. The molecule has 5 heteroatoms. The Kier molecular flexibility index (Phi) is 2.76. The molecule has 1 aromatic heterocycles. The van der Waals surface area contributed by atoms with Crippen LogP contribution in [0.4, 0.5) is 0 Å². The molecule has 0 spiro atoms. The first-order valence-electron chi connectivity index (χ1n) is 5.83. The third kappa shape index (κ3) is 1.87. The van der Waals surface area contributed by atoms with Crippen molar-refractivity contribution in [2.45, 2.75) is 18.6 Å². The van der Waals surface area contributed by atoms with Gasteiger partial charge in [0, 0.05) is 30.1 Å². The first kappa shape index (κ1) is 11.6. The van der Waals surface area contributed by atoms with Crippen molar-refractivity contribution in [3.05, 3.63) is 47.0 Å². The lowest BCUT2D eigenvalue weighted by atomic mass is 9.96. The Morgan fingerprint density at radius 3 is 3.06 bits per heavy atom. The minimum atomic E-state index is -0.0626. The third-order valence-electron chi connectivity index (χ3n) is 3.29. The summed E-state index contributed by atoms with van der Waals surface area (Å²) in [6, 6.07) is 5.51. The fraction of sp³-hybridized carbons (Fsp3) is 0.308. The van der Waals surface area contributed by atoms with E-state index in [4.69, 9.17) is 22.1 Å². The molecule has 18 heavy (non-hydrogen) atoms. The summed E-state index contributed by atoms with van der Waals surface area (Å²) in [6.07, 6.45) is 4.26. The average molecular weight is 264 g/mol. The first-order valence-corrected chi connectivity index (χ1v) is 6.21. The molecule has 2 aromatic rings. The highest BCUT2D eigenvalue weighted by Crippen LogP contribution is 2.40. The van der Waals surface area contributed by atoms with Gasteiger partial charge in [-0.1, -0.05) is 11.6 Å². The second-order valence-electron chi connectivity index (χ2n) is 4.56. The van der Waals surface area contributed by atoms with Crippen LogP contribution in [0.1, 0.15) is 29.8 Å². The molecule has 1 aliphatic rings. The summed E-state index contributed by atoms with van der Waals surface area (Å²) in [6.45, 7) is 0. The van der Waals surface area contributed by atoms with Crippen molar-refractivity contribution in [3.8, 4) is 5.75 Å². The molecule has 0 saturated heterocycles. The highest BCUT2D eigenvalue weighted by Gasteiger charge is 2.28. The van der Waals surface area contributed by atoms with Crippen LogP contribution in [0.5, 0.6) is 5.75 Å². The quantitative estimate of drug-likeness (QED) is 0.860. The summed E-state index contributed by atoms with van der Waals surface area (Å²) in [4.78, 5) is 4.11. The normalized spacial score (nSPS) is 22.4. The molecule has 3 rings (SSSR count). The SMILES string of the molecule is Cn1cncc1C1C[C@H](N)c2cc(Cl)ccc2O1. The van der Waals surface area contributed by atoms with Gasteiger partial charge < -0.3 is 15.0 Å². The van der Waals surface area contributed by atoms with Crippen LogP contribution in [-0.4, -0.2) is 9.55 Å². The highest BCUT2D eigenvalue weighted by atomic mass is 35.5. The van der Waals surface area contributed by atoms with Crippen molar-refractivity contribution in [3.63, 3.8) is 0 Å². The molecule has 0 radical (unpaired) electrons. The molecule has 0 saturated carbocycles. The maximum absolute atomic E-state index is 6.19. The molecule has 2 heterocycles. The summed E-state index contributed by atoms with van der Waals surface area (Å²) in [5.74, 6) is 0.810. The van der Waals surface area contributed by atoms with E-state index in [-0.39, 0.29) is 12.1 Å². The minimum absolute atomic E-state index is 0.0545. The van der Waals surface area contributed by atoms with E-state index in [1.165, 1.54) is 0 Å². The first-order chi connectivity index (χ1) is 8.65. The van der Waals surface area contributed by atoms with Crippen molar-refractivity contribution in [1.82, 2.24) is 9.55 Å². The monoisotopic (exact) mass is 263 g/mol. The lowest BCUT2D eigenvalue weighted by Gasteiger charge is -2.30. The number of nitrogens with zero attached hydrogens (tertiary/aromatic N) is 2. The smallest absolute Gasteiger partial charge is 0.142 e. The summed E-state index contributed by atoms with van der Waals surface area (Å²) in [7, 11) is 1.95. The fourth-order valence-corrected chi connectivity index (χ4v) is 2.51. The lowest BCUT2D eigenvalue weighted by molar-refractivity contribution is 0.154. The van der Waals surface area contributed by atoms with Gasteiger partial charge in [0.2, 0.25) is 0 Å². The summed E-state index contributed by atoms with van der Waals surface area (Å²) < 4.78 is 7.94. The number of nitrogens with two attached hydrogens (primary N) is 1. The van der Waals surface area contributed by atoms with E-state index in [2.05, 4.69) is 4.98 Å². The van der Waals surface area contributed by atoms with Gasteiger partial charge in [0.1, 0.15) is 11.9 Å². The predicted molar refractivity (Wildman–Crippen MR) is 69.6 cm³/mol. The van der Waals surface area contributed by atoms with Crippen molar-refractivity contribution in [1.29, 1.82) is 0 Å². The van der Waals surface area contributed by atoms with E-state index in [0.717, 1.165) is 23.4 Å². The Morgan fingerprint density at radius 2 is 2.33 bits per heavy atom. The molecule has 1 aromatic carbocycles. The molecular formula is C13H14ClN3O. The van der Waals surface area contributed by atoms with E-state index in [1.807, 2.05) is 36.0 Å². The van der Waals surface area contributed by atoms with Crippen LogP contribution < -0.4 is 10.5 Å². The van der Waals surface area contributed by atoms with E-state index < -0.39 is 0 Å². The van der Waals surface area contributed by atoms with Crippen molar-refractivity contribution < 1.29 is 4.74 Å². The Morgan fingerprint density at radius 1 is 1.50 bits per heavy atom. The Labute approximate surface area is 110 Å².